The van der Waals surface area contributed by atoms with Gasteiger partial charge in [-0.15, -0.1) is 0 Å². The van der Waals surface area contributed by atoms with E-state index in [2.05, 4.69) is 5.32 Å². The molecular formula is C26H26FN3O5S. The molecule has 1 heterocycles. The summed E-state index contributed by atoms with van der Waals surface area (Å²) >= 11 is 0. The highest BCUT2D eigenvalue weighted by Crippen LogP contribution is 2.27. The number of halogens is 1. The molecule has 4 rings (SSSR count). The third kappa shape index (κ3) is 5.65. The molecule has 0 aliphatic carbocycles. The van der Waals surface area contributed by atoms with Crippen LogP contribution in [0.15, 0.2) is 77.7 Å². The molecule has 10 heteroatoms. The lowest BCUT2D eigenvalue weighted by molar-refractivity contribution is -0.117. The van der Waals surface area contributed by atoms with Gasteiger partial charge in [-0.1, -0.05) is 0 Å². The van der Waals surface area contributed by atoms with Crippen molar-refractivity contribution in [1.82, 2.24) is 0 Å². The summed E-state index contributed by atoms with van der Waals surface area (Å²) in [6.45, 7) is 2.42. The molecule has 0 aromatic heterocycles. The summed E-state index contributed by atoms with van der Waals surface area (Å²) in [5, 5.41) is 2.70. The zero-order valence-electron chi connectivity index (χ0n) is 19.7. The number of ether oxygens (including phenoxy) is 1. The molecular weight excluding hydrogens is 485 g/mol. The van der Waals surface area contributed by atoms with Gasteiger partial charge in [0.05, 0.1) is 17.2 Å². The number of anilines is 3. The Bertz CT molecular complexity index is 1330. The maximum Gasteiger partial charge on any atom is 0.264 e. The SMILES string of the molecule is CCOc1ccc(N(CC(=O)Nc2ccc(N3CCCC3=O)cc2)S(=O)(=O)c2ccc(F)cc2)cc1. The minimum absolute atomic E-state index is 0.0591. The Kier molecular flexibility index (Phi) is 7.54. The van der Waals surface area contributed by atoms with E-state index in [0.717, 1.165) is 40.7 Å². The fourth-order valence-electron chi connectivity index (χ4n) is 3.90. The van der Waals surface area contributed by atoms with Gasteiger partial charge in [0, 0.05) is 24.3 Å². The fraction of sp³-hybridized carbons (Fsp3) is 0.231. The number of nitrogens with zero attached hydrogens (tertiary/aromatic N) is 2. The number of nitrogens with one attached hydrogen (secondary N) is 1. The number of benzene rings is 3. The largest absolute Gasteiger partial charge is 0.494 e. The van der Waals surface area contributed by atoms with Crippen LogP contribution in [0.2, 0.25) is 0 Å². The zero-order chi connectivity index (χ0) is 25.7. The summed E-state index contributed by atoms with van der Waals surface area (Å²) in [5.74, 6) is -0.525. The van der Waals surface area contributed by atoms with E-state index >= 15 is 0 Å². The van der Waals surface area contributed by atoms with Gasteiger partial charge in [0.25, 0.3) is 10.0 Å². The highest BCUT2D eigenvalue weighted by Gasteiger charge is 2.28. The zero-order valence-corrected chi connectivity index (χ0v) is 20.5. The van der Waals surface area contributed by atoms with Gasteiger partial charge in [0.2, 0.25) is 11.8 Å². The van der Waals surface area contributed by atoms with Gasteiger partial charge in [0.15, 0.2) is 0 Å². The summed E-state index contributed by atoms with van der Waals surface area (Å²) in [5.41, 5.74) is 1.45. The first-order valence-electron chi connectivity index (χ1n) is 11.5. The number of carbonyl (C=O) groups is 2. The van der Waals surface area contributed by atoms with E-state index in [1.807, 2.05) is 6.92 Å². The highest BCUT2D eigenvalue weighted by molar-refractivity contribution is 7.92. The monoisotopic (exact) mass is 511 g/mol. The molecule has 1 N–H and O–H groups in total. The molecule has 0 spiro atoms. The smallest absolute Gasteiger partial charge is 0.264 e. The molecule has 3 aromatic rings. The maximum atomic E-state index is 13.4. The summed E-state index contributed by atoms with van der Waals surface area (Å²) in [6.07, 6.45) is 1.32. The minimum Gasteiger partial charge on any atom is -0.494 e. The van der Waals surface area contributed by atoms with Gasteiger partial charge in [-0.25, -0.2) is 12.8 Å². The van der Waals surface area contributed by atoms with E-state index in [4.69, 9.17) is 4.74 Å². The second-order valence-corrected chi connectivity index (χ2v) is 10.00. The van der Waals surface area contributed by atoms with Crippen molar-refractivity contribution in [1.29, 1.82) is 0 Å². The van der Waals surface area contributed by atoms with E-state index in [0.29, 0.717) is 31.0 Å². The van der Waals surface area contributed by atoms with Crippen LogP contribution in [0, 0.1) is 5.82 Å². The van der Waals surface area contributed by atoms with Gasteiger partial charge in [0.1, 0.15) is 18.1 Å². The van der Waals surface area contributed by atoms with E-state index in [1.54, 1.807) is 53.4 Å². The lowest BCUT2D eigenvalue weighted by atomic mass is 10.2. The van der Waals surface area contributed by atoms with Crippen LogP contribution in [0.1, 0.15) is 19.8 Å². The molecule has 1 saturated heterocycles. The Hall–Kier alpha value is -3.92. The number of hydrogen-bond acceptors (Lipinski definition) is 5. The molecule has 0 bridgehead atoms. The molecule has 1 fully saturated rings. The van der Waals surface area contributed by atoms with Crippen LogP contribution < -0.4 is 19.3 Å². The fourth-order valence-corrected chi connectivity index (χ4v) is 5.32. The van der Waals surface area contributed by atoms with Crippen LogP contribution >= 0.6 is 0 Å². The van der Waals surface area contributed by atoms with Crippen molar-refractivity contribution in [3.05, 3.63) is 78.6 Å². The van der Waals surface area contributed by atoms with E-state index in [9.17, 15) is 22.4 Å². The Morgan fingerprint density at radius 3 is 2.28 bits per heavy atom. The first-order chi connectivity index (χ1) is 17.3. The van der Waals surface area contributed by atoms with E-state index in [-0.39, 0.29) is 16.5 Å². The average molecular weight is 512 g/mol. The molecule has 8 nitrogen and oxygen atoms in total. The minimum atomic E-state index is -4.19. The number of amides is 2. The summed E-state index contributed by atoms with van der Waals surface area (Å²) in [4.78, 5) is 26.4. The van der Waals surface area contributed by atoms with Crippen LogP contribution in [-0.4, -0.2) is 39.9 Å². The van der Waals surface area contributed by atoms with Gasteiger partial charge < -0.3 is 15.0 Å². The van der Waals surface area contributed by atoms with Crippen LogP contribution in [0.4, 0.5) is 21.5 Å². The second kappa shape index (κ2) is 10.8. The summed E-state index contributed by atoms with van der Waals surface area (Å²) in [7, 11) is -4.19. The van der Waals surface area contributed by atoms with Gasteiger partial charge in [-0.2, -0.15) is 0 Å². The number of sulfonamides is 1. The molecule has 0 atom stereocenters. The molecule has 0 radical (unpaired) electrons. The number of carbonyl (C=O) groups excluding carboxylic acids is 2. The number of hydrogen-bond donors (Lipinski definition) is 1. The van der Waals surface area contributed by atoms with Crippen molar-refractivity contribution in [2.45, 2.75) is 24.7 Å². The third-order valence-corrected chi connectivity index (χ3v) is 7.45. The van der Waals surface area contributed by atoms with Gasteiger partial charge in [-0.3, -0.25) is 13.9 Å². The summed E-state index contributed by atoms with van der Waals surface area (Å²) in [6, 6.07) is 17.5. The predicted octanol–water partition coefficient (Wildman–Crippen LogP) is 4.19. The van der Waals surface area contributed by atoms with Crippen LogP contribution in [0.25, 0.3) is 0 Å². The van der Waals surface area contributed by atoms with E-state index < -0.39 is 28.3 Å². The molecule has 36 heavy (non-hydrogen) atoms. The van der Waals surface area contributed by atoms with Crippen LogP contribution in [0.3, 0.4) is 0 Å². The van der Waals surface area contributed by atoms with Crippen molar-refractivity contribution in [2.24, 2.45) is 0 Å². The number of rotatable bonds is 9. The van der Waals surface area contributed by atoms with Crippen molar-refractivity contribution < 1.29 is 27.1 Å². The van der Waals surface area contributed by atoms with Crippen LogP contribution in [-0.2, 0) is 19.6 Å². The normalized spacial score (nSPS) is 13.5. The predicted molar refractivity (Wildman–Crippen MR) is 135 cm³/mol. The Labute approximate surface area is 209 Å². The van der Waals surface area contributed by atoms with Gasteiger partial charge >= 0.3 is 0 Å². The van der Waals surface area contributed by atoms with Crippen molar-refractivity contribution in [3.8, 4) is 5.75 Å². The topological polar surface area (TPSA) is 96.0 Å². The lowest BCUT2D eigenvalue weighted by Crippen LogP contribution is -2.38. The Balaban J connectivity index is 1.56. The van der Waals surface area contributed by atoms with E-state index in [1.165, 1.54) is 0 Å². The first-order valence-corrected chi connectivity index (χ1v) is 12.9. The highest BCUT2D eigenvalue weighted by atomic mass is 32.2. The quantitative estimate of drug-likeness (QED) is 0.465. The standard InChI is InChI=1S/C26H26FN3O5S/c1-2-35-23-13-11-22(12-14-23)30(36(33,34)24-15-5-19(27)6-16-24)18-25(31)28-20-7-9-21(10-8-20)29-17-3-4-26(29)32/h5-16H,2-4,17-18H2,1H3,(H,28,31). The van der Waals surface area contributed by atoms with Crippen molar-refractivity contribution in [2.75, 3.05) is 34.2 Å². The molecule has 0 unspecified atom stereocenters. The lowest BCUT2D eigenvalue weighted by Gasteiger charge is -2.24. The van der Waals surface area contributed by atoms with Crippen molar-refractivity contribution >= 4 is 38.9 Å². The molecule has 188 valence electrons. The second-order valence-electron chi connectivity index (χ2n) is 8.14. The van der Waals surface area contributed by atoms with Crippen LogP contribution in [0.5, 0.6) is 5.75 Å². The molecule has 0 saturated carbocycles. The average Bonchev–Trinajstić information content (AvgIpc) is 3.30. The molecule has 1 aliphatic rings. The molecule has 3 aromatic carbocycles. The first kappa shape index (κ1) is 25.2. The molecule has 2 amide bonds. The third-order valence-electron chi connectivity index (χ3n) is 5.66. The Morgan fingerprint density at radius 1 is 1.03 bits per heavy atom. The maximum absolute atomic E-state index is 13.4. The summed E-state index contributed by atoms with van der Waals surface area (Å²) < 4.78 is 46.6. The van der Waals surface area contributed by atoms with Crippen molar-refractivity contribution in [3.63, 3.8) is 0 Å². The molecule has 1 aliphatic heterocycles. The van der Waals surface area contributed by atoms with Gasteiger partial charge in [-0.05, 0) is 86.1 Å². The Morgan fingerprint density at radius 2 is 1.69 bits per heavy atom.